The Labute approximate surface area is 151 Å². The number of benzene rings is 1. The second kappa shape index (κ2) is 7.40. The Bertz CT molecular complexity index is 813. The molecular formula is C16H16O11. The highest BCUT2D eigenvalue weighted by molar-refractivity contribution is 5.98. The van der Waals surface area contributed by atoms with Gasteiger partial charge >= 0.3 is 23.9 Å². The number of esters is 2. The predicted molar refractivity (Wildman–Crippen MR) is 83.4 cm³/mol. The predicted octanol–water partition coefficient (Wildman–Crippen LogP) is 0.165. The fourth-order valence-electron chi connectivity index (χ4n) is 2.96. The van der Waals surface area contributed by atoms with Gasteiger partial charge in [-0.25, -0.2) is 9.59 Å². The highest BCUT2D eigenvalue weighted by Crippen LogP contribution is 2.49. The Morgan fingerprint density at radius 1 is 1.19 bits per heavy atom. The Kier molecular flexibility index (Phi) is 5.43. The molecule has 1 aromatic rings. The minimum absolute atomic E-state index is 0.143. The molecular weight excluding hydrogens is 368 g/mol. The summed E-state index contributed by atoms with van der Waals surface area (Å²) in [6.45, 7) is 1.30. The second-order valence-corrected chi connectivity index (χ2v) is 5.70. The van der Waals surface area contributed by atoms with Crippen LogP contribution in [0, 0.1) is 5.92 Å². The molecule has 0 spiro atoms. The van der Waals surface area contributed by atoms with Crippen molar-refractivity contribution >= 4 is 23.9 Å². The van der Waals surface area contributed by atoms with Gasteiger partial charge in [0.1, 0.15) is 0 Å². The van der Waals surface area contributed by atoms with Crippen LogP contribution in [0.3, 0.4) is 0 Å². The fraction of sp³-hybridized carbons (Fsp3) is 0.375. The van der Waals surface area contributed by atoms with Gasteiger partial charge in [-0.15, -0.1) is 0 Å². The first-order valence-corrected chi connectivity index (χ1v) is 7.70. The molecule has 1 aliphatic rings. The first-order chi connectivity index (χ1) is 12.6. The molecule has 1 heterocycles. The monoisotopic (exact) mass is 384 g/mol. The molecule has 1 aromatic carbocycles. The lowest BCUT2D eigenvalue weighted by atomic mass is 9.76. The molecule has 0 aromatic heterocycles. The van der Waals surface area contributed by atoms with Gasteiger partial charge in [0.25, 0.3) is 0 Å². The van der Waals surface area contributed by atoms with Gasteiger partial charge in [0.15, 0.2) is 11.5 Å². The first kappa shape index (κ1) is 19.8. The average molecular weight is 384 g/mol. The van der Waals surface area contributed by atoms with Gasteiger partial charge in [0.05, 0.1) is 30.4 Å². The molecule has 1 aliphatic heterocycles. The van der Waals surface area contributed by atoms with E-state index in [0.29, 0.717) is 0 Å². The number of cyclic esters (lactones) is 1. The minimum Gasteiger partial charge on any atom is -0.504 e. The Morgan fingerprint density at radius 2 is 1.81 bits per heavy atom. The lowest BCUT2D eigenvalue weighted by Gasteiger charge is -2.34. The van der Waals surface area contributed by atoms with Gasteiger partial charge in [0.2, 0.25) is 11.9 Å². The van der Waals surface area contributed by atoms with E-state index in [2.05, 4.69) is 0 Å². The number of hydrogen-bond acceptors (Lipinski definition) is 9. The maximum Gasteiger partial charge on any atom is 0.348 e. The third kappa shape index (κ3) is 3.57. The quantitative estimate of drug-likeness (QED) is 0.332. The van der Waals surface area contributed by atoms with Crippen LogP contribution in [-0.4, -0.2) is 62.1 Å². The zero-order chi connectivity index (χ0) is 20.5. The van der Waals surface area contributed by atoms with Crippen LogP contribution >= 0.6 is 0 Å². The van der Waals surface area contributed by atoms with Crippen LogP contribution in [-0.2, 0) is 23.9 Å². The highest BCUT2D eigenvalue weighted by atomic mass is 16.6. The maximum absolute atomic E-state index is 12.2. The van der Waals surface area contributed by atoms with E-state index in [4.69, 9.17) is 14.6 Å². The molecule has 0 bridgehead atoms. The van der Waals surface area contributed by atoms with Crippen LogP contribution in [0.1, 0.15) is 35.2 Å². The van der Waals surface area contributed by atoms with Crippen molar-refractivity contribution in [3.63, 3.8) is 0 Å². The lowest BCUT2D eigenvalue weighted by Crippen LogP contribution is -2.44. The number of carboxylic acid groups (broad SMARTS) is 2. The SMILES string of the molecule is CCOC(=O)[C@H]1OC(=O)c2cc(O)c(O)c(O)c2[C@@H]1[C@H](CC(=O)O)C(=O)O. The van der Waals surface area contributed by atoms with Crippen molar-refractivity contribution in [1.82, 2.24) is 0 Å². The molecule has 146 valence electrons. The van der Waals surface area contributed by atoms with E-state index in [1.165, 1.54) is 6.92 Å². The third-order valence-corrected chi connectivity index (χ3v) is 4.07. The number of phenolic OH excluding ortho intramolecular Hbond substituents is 3. The topological polar surface area (TPSA) is 188 Å². The van der Waals surface area contributed by atoms with Crippen molar-refractivity contribution in [3.8, 4) is 17.2 Å². The zero-order valence-corrected chi connectivity index (χ0v) is 13.9. The van der Waals surface area contributed by atoms with Crippen LogP contribution in [0.2, 0.25) is 0 Å². The van der Waals surface area contributed by atoms with Gasteiger partial charge in [-0.1, -0.05) is 0 Å². The maximum atomic E-state index is 12.2. The number of aromatic hydroxyl groups is 3. The molecule has 11 nitrogen and oxygen atoms in total. The number of carbonyl (C=O) groups excluding carboxylic acids is 2. The average Bonchev–Trinajstić information content (AvgIpc) is 2.58. The van der Waals surface area contributed by atoms with Gasteiger partial charge < -0.3 is 35.0 Å². The molecule has 0 fully saturated rings. The molecule has 27 heavy (non-hydrogen) atoms. The Balaban J connectivity index is 2.75. The fourth-order valence-corrected chi connectivity index (χ4v) is 2.96. The number of aliphatic carboxylic acids is 2. The molecule has 0 radical (unpaired) electrons. The van der Waals surface area contributed by atoms with Crippen LogP contribution < -0.4 is 0 Å². The summed E-state index contributed by atoms with van der Waals surface area (Å²) in [5, 5.41) is 48.0. The summed E-state index contributed by atoms with van der Waals surface area (Å²) in [7, 11) is 0. The van der Waals surface area contributed by atoms with Crippen molar-refractivity contribution in [2.45, 2.75) is 25.4 Å². The van der Waals surface area contributed by atoms with Crippen molar-refractivity contribution < 1.29 is 54.2 Å². The number of phenols is 3. The number of hydrogen-bond donors (Lipinski definition) is 5. The third-order valence-electron chi connectivity index (χ3n) is 4.07. The van der Waals surface area contributed by atoms with Crippen molar-refractivity contribution in [3.05, 3.63) is 17.2 Å². The molecule has 0 amide bonds. The summed E-state index contributed by atoms with van der Waals surface area (Å²) in [5.41, 5.74) is -1.03. The normalized spacial score (nSPS) is 19.5. The van der Waals surface area contributed by atoms with E-state index >= 15 is 0 Å². The smallest absolute Gasteiger partial charge is 0.348 e. The first-order valence-electron chi connectivity index (χ1n) is 7.70. The molecule has 11 heteroatoms. The molecule has 0 unspecified atom stereocenters. The molecule has 2 rings (SSSR count). The van der Waals surface area contributed by atoms with E-state index < -0.39 is 76.6 Å². The van der Waals surface area contributed by atoms with E-state index in [9.17, 15) is 39.6 Å². The molecule has 0 aliphatic carbocycles. The van der Waals surface area contributed by atoms with Crippen LogP contribution in [0.25, 0.3) is 0 Å². The number of carboxylic acids is 2. The Hall–Kier alpha value is -3.50. The van der Waals surface area contributed by atoms with Gasteiger partial charge in [0, 0.05) is 5.56 Å². The number of ether oxygens (including phenoxy) is 2. The number of fused-ring (bicyclic) bond motifs is 1. The number of rotatable bonds is 6. The molecule has 0 saturated heterocycles. The lowest BCUT2D eigenvalue weighted by molar-refractivity contribution is -0.160. The summed E-state index contributed by atoms with van der Waals surface area (Å²) in [5.74, 6) is -12.0. The van der Waals surface area contributed by atoms with Crippen molar-refractivity contribution in [2.75, 3.05) is 6.61 Å². The van der Waals surface area contributed by atoms with E-state index in [-0.39, 0.29) is 6.61 Å². The van der Waals surface area contributed by atoms with E-state index in [0.717, 1.165) is 6.07 Å². The highest BCUT2D eigenvalue weighted by Gasteiger charge is 2.50. The largest absolute Gasteiger partial charge is 0.504 e. The van der Waals surface area contributed by atoms with Crippen LogP contribution in [0.4, 0.5) is 0 Å². The standard InChI is InChI=1S/C16H16O11/c1-2-26-16(25)13-10(5(14(22)23)4-8(18)19)9-6(15(24)27-13)3-7(17)11(20)12(9)21/h3,5,10,13,17,20-21H,2,4H2,1H3,(H,18,19)(H,22,23)/t5-,10-,13-/m0/s1. The summed E-state index contributed by atoms with van der Waals surface area (Å²) in [6, 6.07) is 0.723. The molecule has 0 saturated carbocycles. The van der Waals surface area contributed by atoms with Crippen molar-refractivity contribution in [2.24, 2.45) is 5.92 Å². The summed E-state index contributed by atoms with van der Waals surface area (Å²) >= 11 is 0. The van der Waals surface area contributed by atoms with Crippen molar-refractivity contribution in [1.29, 1.82) is 0 Å². The zero-order valence-electron chi connectivity index (χ0n) is 13.9. The van der Waals surface area contributed by atoms with Crippen LogP contribution in [0.5, 0.6) is 17.2 Å². The Morgan fingerprint density at radius 3 is 2.33 bits per heavy atom. The number of carbonyl (C=O) groups is 4. The van der Waals surface area contributed by atoms with Gasteiger partial charge in [-0.3, -0.25) is 9.59 Å². The minimum atomic E-state index is -1.87. The van der Waals surface area contributed by atoms with E-state index in [1.807, 2.05) is 0 Å². The van der Waals surface area contributed by atoms with Gasteiger partial charge in [-0.05, 0) is 13.0 Å². The van der Waals surface area contributed by atoms with E-state index in [1.54, 1.807) is 0 Å². The summed E-state index contributed by atoms with van der Waals surface area (Å²) < 4.78 is 9.68. The molecule has 5 N–H and O–H groups in total. The van der Waals surface area contributed by atoms with Crippen LogP contribution in [0.15, 0.2) is 6.07 Å². The summed E-state index contributed by atoms with van der Waals surface area (Å²) in [6.07, 6.45) is -2.85. The molecule has 3 atom stereocenters. The van der Waals surface area contributed by atoms with Gasteiger partial charge in [-0.2, -0.15) is 0 Å². The summed E-state index contributed by atoms with van der Waals surface area (Å²) in [4.78, 5) is 47.2. The second-order valence-electron chi connectivity index (χ2n) is 5.70.